The molecule has 2 aromatic rings. The number of aryl methyl sites for hydroxylation is 2. The van der Waals surface area contributed by atoms with Gasteiger partial charge in [-0.25, -0.2) is 0 Å². The number of nitrogens with one attached hydrogen (secondary N) is 2. The standard InChI is InChI=1S/C10H11N3S2/c1-6-3-4-7(2)8(5-6)11-9-12-13-10(14)15-9/h3-5H,1-2H3,(H,11,12)(H,13,14). The van der Waals surface area contributed by atoms with Crippen LogP contribution in [-0.2, 0) is 0 Å². The summed E-state index contributed by atoms with van der Waals surface area (Å²) >= 11 is 6.40. The fraction of sp³-hybridized carbons (Fsp3) is 0.200. The molecule has 0 aliphatic heterocycles. The molecule has 0 saturated heterocycles. The summed E-state index contributed by atoms with van der Waals surface area (Å²) in [6.07, 6.45) is 0. The van der Waals surface area contributed by atoms with E-state index < -0.39 is 0 Å². The number of anilines is 2. The number of aromatic amines is 1. The van der Waals surface area contributed by atoms with Crippen molar-refractivity contribution >= 4 is 34.4 Å². The van der Waals surface area contributed by atoms with Crippen LogP contribution in [0.2, 0.25) is 0 Å². The average Bonchev–Trinajstić information content (AvgIpc) is 2.58. The molecule has 0 bridgehead atoms. The number of rotatable bonds is 2. The van der Waals surface area contributed by atoms with E-state index in [0.29, 0.717) is 3.95 Å². The Kier molecular flexibility index (Phi) is 2.83. The lowest BCUT2D eigenvalue weighted by atomic mass is 10.1. The molecule has 0 aliphatic carbocycles. The minimum Gasteiger partial charge on any atom is -0.330 e. The van der Waals surface area contributed by atoms with Crippen LogP contribution in [0.15, 0.2) is 18.2 Å². The Bertz CT molecular complexity index is 527. The highest BCUT2D eigenvalue weighted by molar-refractivity contribution is 7.73. The third-order valence-corrected chi connectivity index (χ3v) is 3.08. The maximum atomic E-state index is 4.97. The second-order valence-electron chi connectivity index (χ2n) is 3.36. The predicted molar refractivity (Wildman–Crippen MR) is 66.5 cm³/mol. The van der Waals surface area contributed by atoms with Gasteiger partial charge in [0.05, 0.1) is 0 Å². The summed E-state index contributed by atoms with van der Waals surface area (Å²) in [5.74, 6) is 0. The van der Waals surface area contributed by atoms with E-state index in [1.165, 1.54) is 22.5 Å². The maximum Gasteiger partial charge on any atom is 0.208 e. The molecule has 5 heteroatoms. The third-order valence-electron chi connectivity index (χ3n) is 2.07. The molecule has 1 aromatic carbocycles. The van der Waals surface area contributed by atoms with Gasteiger partial charge in [-0.15, -0.1) is 5.10 Å². The first kappa shape index (κ1) is 10.3. The zero-order chi connectivity index (χ0) is 10.8. The lowest BCUT2D eigenvalue weighted by Crippen LogP contribution is -1.93. The average molecular weight is 237 g/mol. The number of hydrogen-bond acceptors (Lipinski definition) is 4. The van der Waals surface area contributed by atoms with E-state index in [2.05, 4.69) is 47.6 Å². The highest BCUT2D eigenvalue weighted by Crippen LogP contribution is 2.22. The van der Waals surface area contributed by atoms with Crippen LogP contribution in [0.4, 0.5) is 10.8 Å². The van der Waals surface area contributed by atoms with Crippen molar-refractivity contribution in [2.75, 3.05) is 5.32 Å². The van der Waals surface area contributed by atoms with Gasteiger partial charge in [-0.3, -0.25) is 5.10 Å². The molecule has 0 aliphatic rings. The molecule has 78 valence electrons. The molecule has 2 rings (SSSR count). The SMILES string of the molecule is Cc1ccc(C)c(Nc2n[nH]c(=S)s2)c1. The molecule has 0 fully saturated rings. The number of benzene rings is 1. The zero-order valence-electron chi connectivity index (χ0n) is 8.50. The van der Waals surface area contributed by atoms with E-state index in [9.17, 15) is 0 Å². The van der Waals surface area contributed by atoms with E-state index in [0.717, 1.165) is 10.8 Å². The zero-order valence-corrected chi connectivity index (χ0v) is 10.1. The Morgan fingerprint density at radius 3 is 2.87 bits per heavy atom. The first-order valence-corrected chi connectivity index (χ1v) is 5.77. The van der Waals surface area contributed by atoms with E-state index in [1.807, 2.05) is 0 Å². The van der Waals surface area contributed by atoms with E-state index in [1.54, 1.807) is 0 Å². The predicted octanol–water partition coefficient (Wildman–Crippen LogP) is 3.56. The topological polar surface area (TPSA) is 40.7 Å². The van der Waals surface area contributed by atoms with Crippen LogP contribution in [0.25, 0.3) is 0 Å². The van der Waals surface area contributed by atoms with Crippen LogP contribution >= 0.6 is 23.6 Å². The Hall–Kier alpha value is -1.20. The van der Waals surface area contributed by atoms with Crippen molar-refractivity contribution in [3.63, 3.8) is 0 Å². The smallest absolute Gasteiger partial charge is 0.208 e. The number of hydrogen-bond donors (Lipinski definition) is 2. The van der Waals surface area contributed by atoms with Crippen LogP contribution in [0.1, 0.15) is 11.1 Å². The molecule has 0 atom stereocenters. The first-order chi connectivity index (χ1) is 7.15. The van der Waals surface area contributed by atoms with Crippen molar-refractivity contribution < 1.29 is 0 Å². The summed E-state index contributed by atoms with van der Waals surface area (Å²) < 4.78 is 0.683. The van der Waals surface area contributed by atoms with Crippen LogP contribution in [0, 0.1) is 17.8 Å². The van der Waals surface area contributed by atoms with Gasteiger partial charge in [0, 0.05) is 5.69 Å². The minimum absolute atomic E-state index is 0.683. The summed E-state index contributed by atoms with van der Waals surface area (Å²) in [6, 6.07) is 6.27. The first-order valence-electron chi connectivity index (χ1n) is 4.55. The van der Waals surface area contributed by atoms with Crippen molar-refractivity contribution in [2.24, 2.45) is 0 Å². The molecular formula is C10H11N3S2. The Balaban J connectivity index is 2.31. The number of nitrogens with zero attached hydrogens (tertiary/aromatic N) is 1. The largest absolute Gasteiger partial charge is 0.330 e. The van der Waals surface area contributed by atoms with E-state index in [-0.39, 0.29) is 0 Å². The van der Waals surface area contributed by atoms with Gasteiger partial charge in [-0.1, -0.05) is 23.5 Å². The molecule has 0 spiro atoms. The maximum absolute atomic E-state index is 4.97. The number of aromatic nitrogens is 2. The lowest BCUT2D eigenvalue weighted by molar-refractivity contribution is 1.08. The Labute approximate surface area is 97.2 Å². The van der Waals surface area contributed by atoms with Crippen molar-refractivity contribution in [2.45, 2.75) is 13.8 Å². The fourth-order valence-electron chi connectivity index (χ4n) is 1.27. The van der Waals surface area contributed by atoms with Crippen molar-refractivity contribution in [3.05, 3.63) is 33.3 Å². The molecular weight excluding hydrogens is 226 g/mol. The number of H-pyrrole nitrogens is 1. The monoisotopic (exact) mass is 237 g/mol. The molecule has 0 saturated carbocycles. The van der Waals surface area contributed by atoms with E-state index in [4.69, 9.17) is 12.2 Å². The van der Waals surface area contributed by atoms with Gasteiger partial charge in [0.1, 0.15) is 0 Å². The summed E-state index contributed by atoms with van der Waals surface area (Å²) in [5, 5.41) is 10.8. The van der Waals surface area contributed by atoms with Gasteiger partial charge in [0.2, 0.25) is 5.13 Å². The van der Waals surface area contributed by atoms with Crippen molar-refractivity contribution in [1.82, 2.24) is 10.2 Å². The molecule has 0 unspecified atom stereocenters. The quantitative estimate of drug-likeness (QED) is 0.785. The van der Waals surface area contributed by atoms with Gasteiger partial charge in [-0.05, 0) is 43.3 Å². The van der Waals surface area contributed by atoms with E-state index >= 15 is 0 Å². The molecule has 3 nitrogen and oxygen atoms in total. The van der Waals surface area contributed by atoms with Gasteiger partial charge < -0.3 is 5.32 Å². The molecule has 15 heavy (non-hydrogen) atoms. The van der Waals surface area contributed by atoms with Crippen molar-refractivity contribution in [3.8, 4) is 0 Å². The highest BCUT2D eigenvalue weighted by atomic mass is 32.1. The van der Waals surface area contributed by atoms with Gasteiger partial charge >= 0.3 is 0 Å². The normalized spacial score (nSPS) is 10.3. The van der Waals surface area contributed by atoms with Gasteiger partial charge in [0.25, 0.3) is 0 Å². The second kappa shape index (κ2) is 4.12. The summed E-state index contributed by atoms with van der Waals surface area (Å²) in [6.45, 7) is 4.13. The van der Waals surface area contributed by atoms with Gasteiger partial charge in [-0.2, -0.15) is 0 Å². The van der Waals surface area contributed by atoms with Gasteiger partial charge in [0.15, 0.2) is 3.95 Å². The highest BCUT2D eigenvalue weighted by Gasteiger charge is 2.01. The third kappa shape index (κ3) is 2.43. The second-order valence-corrected chi connectivity index (χ2v) is 5.03. The molecule has 2 N–H and O–H groups in total. The summed E-state index contributed by atoms with van der Waals surface area (Å²) in [7, 11) is 0. The van der Waals surface area contributed by atoms with Crippen molar-refractivity contribution in [1.29, 1.82) is 0 Å². The van der Waals surface area contributed by atoms with Crippen LogP contribution in [0.5, 0.6) is 0 Å². The molecule has 0 radical (unpaired) electrons. The molecule has 1 aromatic heterocycles. The summed E-state index contributed by atoms with van der Waals surface area (Å²) in [5.41, 5.74) is 3.50. The van der Waals surface area contributed by atoms with Crippen LogP contribution in [0.3, 0.4) is 0 Å². The minimum atomic E-state index is 0.683. The fourth-order valence-corrected chi connectivity index (χ4v) is 2.07. The van der Waals surface area contributed by atoms with Crippen LogP contribution in [-0.4, -0.2) is 10.2 Å². The Morgan fingerprint density at radius 2 is 2.20 bits per heavy atom. The molecule has 1 heterocycles. The Morgan fingerprint density at radius 1 is 1.40 bits per heavy atom. The molecule has 0 amide bonds. The van der Waals surface area contributed by atoms with Crippen LogP contribution < -0.4 is 5.32 Å². The summed E-state index contributed by atoms with van der Waals surface area (Å²) in [4.78, 5) is 0. The lowest BCUT2D eigenvalue weighted by Gasteiger charge is -2.06.